The van der Waals surface area contributed by atoms with Crippen molar-refractivity contribution in [2.24, 2.45) is 11.1 Å². The number of ether oxygens (including phenoxy) is 2. The molecule has 3 N–H and O–H groups in total. The first kappa shape index (κ1) is 21.8. The lowest BCUT2D eigenvalue weighted by molar-refractivity contribution is 0.0139. The molecule has 0 bridgehead atoms. The Morgan fingerprint density at radius 2 is 2.14 bits per heavy atom. The van der Waals surface area contributed by atoms with Crippen LogP contribution in [-0.2, 0) is 14.9 Å². The molecule has 28 heavy (non-hydrogen) atoms. The fourth-order valence-corrected chi connectivity index (χ4v) is 3.38. The molecule has 9 nitrogen and oxygen atoms in total. The number of likely N-dealkylation sites (tertiary alicyclic amines) is 1. The zero-order chi connectivity index (χ0) is 20.9. The number of hydrogen-bond acceptors (Lipinski definition) is 6. The Balaban J connectivity index is 2.03. The number of carbonyl (C=O) groups excluding carboxylic acids is 1. The Morgan fingerprint density at radius 3 is 2.75 bits per heavy atom. The second-order valence-corrected chi connectivity index (χ2v) is 8.98. The topological polar surface area (TPSA) is 135 Å². The normalized spacial score (nSPS) is 17.5. The summed E-state index contributed by atoms with van der Waals surface area (Å²) in [5.41, 5.74) is -0.447. The van der Waals surface area contributed by atoms with E-state index in [0.29, 0.717) is 13.1 Å². The number of nitrogens with one attached hydrogen (secondary N) is 1. The molecule has 1 aliphatic rings. The lowest BCUT2D eigenvalue weighted by Gasteiger charge is -2.34. The molecule has 1 unspecified atom stereocenters. The first-order valence-electron chi connectivity index (χ1n) is 8.93. The summed E-state index contributed by atoms with van der Waals surface area (Å²) in [6.07, 6.45) is 1.34. The van der Waals surface area contributed by atoms with Crippen LogP contribution in [0.5, 0.6) is 5.75 Å². The van der Waals surface area contributed by atoms with Crippen molar-refractivity contribution in [1.29, 1.82) is 5.26 Å². The Morgan fingerprint density at radius 1 is 1.43 bits per heavy atom. The van der Waals surface area contributed by atoms with E-state index < -0.39 is 15.8 Å². The largest absolute Gasteiger partial charge is 0.492 e. The van der Waals surface area contributed by atoms with Crippen LogP contribution < -0.4 is 14.6 Å². The molecule has 0 spiro atoms. The lowest BCUT2D eigenvalue weighted by Crippen LogP contribution is -2.44. The molecular weight excluding hydrogens is 384 g/mol. The third-order valence-electron chi connectivity index (χ3n) is 4.04. The van der Waals surface area contributed by atoms with Gasteiger partial charge in [0.15, 0.2) is 0 Å². The minimum absolute atomic E-state index is 0.0522. The Bertz CT molecular complexity index is 858. The fraction of sp³-hybridized carbons (Fsp3) is 0.556. The smallest absolute Gasteiger partial charge is 0.410 e. The number of nitriles is 1. The fourth-order valence-electron chi connectivity index (χ4n) is 2.91. The minimum atomic E-state index is -4.01. The molecule has 1 heterocycles. The van der Waals surface area contributed by atoms with Gasteiger partial charge in [-0.1, -0.05) is 6.07 Å². The molecule has 1 aliphatic heterocycles. The Kier molecular flexibility index (Phi) is 6.74. The summed E-state index contributed by atoms with van der Waals surface area (Å²) in [4.78, 5) is 13.9. The van der Waals surface area contributed by atoms with Crippen LogP contribution >= 0.6 is 0 Å². The van der Waals surface area contributed by atoms with Gasteiger partial charge in [-0.3, -0.25) is 4.72 Å². The summed E-state index contributed by atoms with van der Waals surface area (Å²) in [7, 11) is -4.01. The summed E-state index contributed by atoms with van der Waals surface area (Å²) in [6.45, 7) is 6.87. The van der Waals surface area contributed by atoms with E-state index in [2.05, 4.69) is 4.72 Å². The van der Waals surface area contributed by atoms with Crippen LogP contribution in [0.1, 0.15) is 39.2 Å². The first-order chi connectivity index (χ1) is 13.0. The maximum absolute atomic E-state index is 12.3. The van der Waals surface area contributed by atoms with Crippen molar-refractivity contribution in [2.45, 2.75) is 39.2 Å². The molecule has 2 rings (SSSR count). The van der Waals surface area contributed by atoms with E-state index in [-0.39, 0.29) is 35.6 Å². The maximum atomic E-state index is 12.3. The zero-order valence-corrected chi connectivity index (χ0v) is 17.1. The zero-order valence-electron chi connectivity index (χ0n) is 16.3. The number of carbonyl (C=O) groups is 1. The van der Waals surface area contributed by atoms with E-state index in [4.69, 9.17) is 14.6 Å². The molecule has 0 aromatic heterocycles. The molecule has 1 saturated heterocycles. The van der Waals surface area contributed by atoms with Gasteiger partial charge >= 0.3 is 6.09 Å². The quantitative estimate of drug-likeness (QED) is 0.764. The Hall–Kier alpha value is -2.51. The number of nitrogens with two attached hydrogens (primary N) is 1. The predicted octanol–water partition coefficient (Wildman–Crippen LogP) is 2.20. The molecular formula is C18H26N4O5S. The van der Waals surface area contributed by atoms with Crippen molar-refractivity contribution in [3.05, 3.63) is 23.8 Å². The van der Waals surface area contributed by atoms with Crippen LogP contribution in [0.4, 0.5) is 10.5 Å². The number of piperidine rings is 1. The third kappa shape index (κ3) is 6.58. The highest BCUT2D eigenvalue weighted by Gasteiger charge is 2.28. The number of amides is 1. The van der Waals surface area contributed by atoms with Crippen LogP contribution in [-0.4, -0.2) is 44.7 Å². The highest BCUT2D eigenvalue weighted by atomic mass is 32.2. The molecule has 1 fully saturated rings. The van der Waals surface area contributed by atoms with Gasteiger partial charge in [0.25, 0.3) is 10.2 Å². The number of nitrogens with zero attached hydrogens (tertiary/aromatic N) is 2. The first-order valence-corrected chi connectivity index (χ1v) is 10.5. The average Bonchev–Trinajstić information content (AvgIpc) is 2.57. The van der Waals surface area contributed by atoms with Gasteiger partial charge in [0.05, 0.1) is 12.3 Å². The number of hydrogen-bond donors (Lipinski definition) is 2. The van der Waals surface area contributed by atoms with Crippen LogP contribution in [0.3, 0.4) is 0 Å². The summed E-state index contributed by atoms with van der Waals surface area (Å²) in [5, 5.41) is 14.4. The summed E-state index contributed by atoms with van der Waals surface area (Å²) >= 11 is 0. The van der Waals surface area contributed by atoms with E-state index in [9.17, 15) is 18.5 Å². The minimum Gasteiger partial charge on any atom is -0.492 e. The second-order valence-electron chi connectivity index (χ2n) is 7.68. The summed E-state index contributed by atoms with van der Waals surface area (Å²) in [5.74, 6) is 0.327. The molecule has 0 saturated carbocycles. The van der Waals surface area contributed by atoms with Gasteiger partial charge in [0.2, 0.25) is 0 Å². The molecule has 0 aliphatic carbocycles. The molecule has 1 atom stereocenters. The van der Waals surface area contributed by atoms with Gasteiger partial charge in [0, 0.05) is 19.0 Å². The van der Waals surface area contributed by atoms with E-state index in [0.717, 1.165) is 12.8 Å². The van der Waals surface area contributed by atoms with Gasteiger partial charge in [-0.2, -0.15) is 13.7 Å². The van der Waals surface area contributed by atoms with E-state index in [1.165, 1.54) is 6.07 Å². The summed E-state index contributed by atoms with van der Waals surface area (Å²) in [6, 6.07) is 6.52. The van der Waals surface area contributed by atoms with Gasteiger partial charge < -0.3 is 14.4 Å². The Labute approximate surface area is 165 Å². The van der Waals surface area contributed by atoms with Crippen LogP contribution in [0.2, 0.25) is 0 Å². The number of benzene rings is 1. The van der Waals surface area contributed by atoms with Gasteiger partial charge in [-0.15, -0.1) is 0 Å². The number of anilines is 1. The van der Waals surface area contributed by atoms with E-state index in [1.807, 2.05) is 26.8 Å². The molecule has 10 heteroatoms. The predicted molar refractivity (Wildman–Crippen MR) is 104 cm³/mol. The second kappa shape index (κ2) is 8.67. The monoisotopic (exact) mass is 410 g/mol. The van der Waals surface area contributed by atoms with E-state index >= 15 is 0 Å². The molecule has 0 radical (unpaired) electrons. The molecule has 1 amide bonds. The van der Waals surface area contributed by atoms with Crippen molar-refractivity contribution >= 4 is 22.0 Å². The van der Waals surface area contributed by atoms with Crippen LogP contribution in [0.25, 0.3) is 0 Å². The number of rotatable bonds is 5. The molecule has 154 valence electrons. The van der Waals surface area contributed by atoms with Crippen LogP contribution in [0, 0.1) is 17.2 Å². The van der Waals surface area contributed by atoms with Crippen molar-refractivity contribution in [2.75, 3.05) is 24.4 Å². The molecule has 1 aromatic rings. The highest BCUT2D eigenvalue weighted by Crippen LogP contribution is 2.28. The van der Waals surface area contributed by atoms with Gasteiger partial charge in [-0.25, -0.2) is 9.93 Å². The SMILES string of the molecule is CC(C)(C)OC(=O)N1CCCC(COc2cccc(NS(N)(=O)=O)c2C#N)C1. The lowest BCUT2D eigenvalue weighted by atomic mass is 9.99. The van der Waals surface area contributed by atoms with Crippen molar-refractivity contribution in [1.82, 2.24) is 4.90 Å². The van der Waals surface area contributed by atoms with E-state index in [1.54, 1.807) is 17.0 Å². The van der Waals surface area contributed by atoms with Crippen LogP contribution in [0.15, 0.2) is 18.2 Å². The third-order valence-corrected chi connectivity index (χ3v) is 4.54. The van der Waals surface area contributed by atoms with Gasteiger partial charge in [0.1, 0.15) is 23.0 Å². The van der Waals surface area contributed by atoms with Crippen molar-refractivity contribution < 1.29 is 22.7 Å². The molecule has 1 aromatic carbocycles. The van der Waals surface area contributed by atoms with Gasteiger partial charge in [-0.05, 0) is 45.7 Å². The summed E-state index contributed by atoms with van der Waals surface area (Å²) < 4.78 is 35.8. The highest BCUT2D eigenvalue weighted by molar-refractivity contribution is 7.90. The van der Waals surface area contributed by atoms with Crippen molar-refractivity contribution in [3.8, 4) is 11.8 Å². The average molecular weight is 410 g/mol. The maximum Gasteiger partial charge on any atom is 0.410 e. The standard InChI is InChI=1S/C18H26N4O5S/c1-18(2,3)27-17(23)22-9-5-6-13(11-22)12-26-16-8-4-7-15(14(16)10-19)21-28(20,24)25/h4,7-8,13,21H,5-6,9,11-12H2,1-3H3,(H2,20,24,25). The van der Waals surface area contributed by atoms with Crippen molar-refractivity contribution in [3.63, 3.8) is 0 Å².